The first-order chi connectivity index (χ1) is 14.2. The number of hydrogen-bond acceptors (Lipinski definition) is 6. The van der Waals surface area contributed by atoms with E-state index in [-0.39, 0.29) is 23.1 Å². The standard InChI is InChI=1S/C20H25FN6O3/c1-19(2,3)30-18(29)25-8-6-20(7-9-25)11-17(28)26(12-20)14-4-5-16(15(21)10-14)27-13-22-23-24-27/h4-5,10,13H,6-9,11-12H2,1-3H3. The fourth-order valence-corrected chi connectivity index (χ4v) is 4.08. The average molecular weight is 416 g/mol. The zero-order valence-corrected chi connectivity index (χ0v) is 17.3. The van der Waals surface area contributed by atoms with Gasteiger partial charge in [0.15, 0.2) is 5.82 Å². The lowest BCUT2D eigenvalue weighted by atomic mass is 9.78. The van der Waals surface area contributed by atoms with Gasteiger partial charge in [-0.3, -0.25) is 4.79 Å². The summed E-state index contributed by atoms with van der Waals surface area (Å²) < 4.78 is 21.3. The average Bonchev–Trinajstić information content (AvgIpc) is 3.29. The van der Waals surface area contributed by atoms with Crippen molar-refractivity contribution in [2.75, 3.05) is 24.5 Å². The van der Waals surface area contributed by atoms with Crippen LogP contribution in [0.15, 0.2) is 24.5 Å². The van der Waals surface area contributed by atoms with Gasteiger partial charge in [0.05, 0.1) is 0 Å². The summed E-state index contributed by atoms with van der Waals surface area (Å²) in [6, 6.07) is 4.60. The van der Waals surface area contributed by atoms with Crippen molar-refractivity contribution in [3.05, 3.63) is 30.3 Å². The lowest BCUT2D eigenvalue weighted by molar-refractivity contribution is -0.118. The number of rotatable bonds is 2. The van der Waals surface area contributed by atoms with E-state index in [4.69, 9.17) is 4.74 Å². The molecular weight excluding hydrogens is 391 g/mol. The molecule has 2 fully saturated rings. The van der Waals surface area contributed by atoms with Crippen LogP contribution in [0.2, 0.25) is 0 Å². The Morgan fingerprint density at radius 3 is 2.57 bits per heavy atom. The lowest BCUT2D eigenvalue weighted by Gasteiger charge is -2.39. The highest BCUT2D eigenvalue weighted by Gasteiger charge is 2.46. The van der Waals surface area contributed by atoms with Gasteiger partial charge >= 0.3 is 6.09 Å². The lowest BCUT2D eigenvalue weighted by Crippen LogP contribution is -2.46. The van der Waals surface area contributed by atoms with Crippen molar-refractivity contribution >= 4 is 17.7 Å². The number of benzene rings is 1. The van der Waals surface area contributed by atoms with Crippen LogP contribution in [-0.4, -0.2) is 62.3 Å². The zero-order valence-electron chi connectivity index (χ0n) is 17.3. The van der Waals surface area contributed by atoms with Crippen molar-refractivity contribution in [3.8, 4) is 5.69 Å². The van der Waals surface area contributed by atoms with E-state index in [9.17, 15) is 14.0 Å². The van der Waals surface area contributed by atoms with E-state index in [1.165, 1.54) is 17.1 Å². The maximum Gasteiger partial charge on any atom is 0.410 e. The van der Waals surface area contributed by atoms with E-state index in [0.29, 0.717) is 44.6 Å². The van der Waals surface area contributed by atoms with E-state index < -0.39 is 11.4 Å². The molecule has 0 aliphatic carbocycles. The molecule has 0 N–H and O–H groups in total. The van der Waals surface area contributed by atoms with Crippen LogP contribution in [0.25, 0.3) is 5.69 Å². The number of halogens is 1. The van der Waals surface area contributed by atoms with Gasteiger partial charge in [-0.2, -0.15) is 4.68 Å². The normalized spacial score (nSPS) is 18.9. The smallest absolute Gasteiger partial charge is 0.410 e. The minimum Gasteiger partial charge on any atom is -0.444 e. The summed E-state index contributed by atoms with van der Waals surface area (Å²) in [6.07, 6.45) is 2.80. The molecule has 30 heavy (non-hydrogen) atoms. The Balaban J connectivity index is 1.44. The number of tetrazole rings is 1. The molecule has 4 rings (SSSR count). The fourth-order valence-electron chi connectivity index (χ4n) is 4.08. The second-order valence-corrected chi connectivity index (χ2v) is 9.01. The molecule has 0 saturated carbocycles. The predicted molar refractivity (Wildman–Crippen MR) is 106 cm³/mol. The van der Waals surface area contributed by atoms with Gasteiger partial charge in [-0.05, 0) is 62.2 Å². The number of likely N-dealkylation sites (tertiary alicyclic amines) is 1. The Hall–Kier alpha value is -3.04. The molecule has 160 valence electrons. The van der Waals surface area contributed by atoms with Crippen molar-refractivity contribution in [3.63, 3.8) is 0 Å². The zero-order chi connectivity index (χ0) is 21.5. The van der Waals surface area contributed by atoms with Gasteiger partial charge in [-0.25, -0.2) is 9.18 Å². The molecule has 0 atom stereocenters. The van der Waals surface area contributed by atoms with E-state index >= 15 is 0 Å². The summed E-state index contributed by atoms with van der Waals surface area (Å²) in [5.41, 5.74) is -0.0117. The third-order valence-electron chi connectivity index (χ3n) is 5.64. The molecule has 1 aromatic carbocycles. The topological polar surface area (TPSA) is 93.5 Å². The third-order valence-corrected chi connectivity index (χ3v) is 5.64. The molecule has 0 radical (unpaired) electrons. The maximum atomic E-state index is 14.6. The molecule has 0 bridgehead atoms. The first-order valence-corrected chi connectivity index (χ1v) is 9.97. The summed E-state index contributed by atoms with van der Waals surface area (Å²) >= 11 is 0. The van der Waals surface area contributed by atoms with E-state index in [1.54, 1.807) is 21.9 Å². The summed E-state index contributed by atoms with van der Waals surface area (Å²) in [5, 5.41) is 10.7. The summed E-state index contributed by atoms with van der Waals surface area (Å²) in [7, 11) is 0. The van der Waals surface area contributed by atoms with Crippen molar-refractivity contribution < 1.29 is 18.7 Å². The number of piperidine rings is 1. The van der Waals surface area contributed by atoms with Crippen LogP contribution in [0.1, 0.15) is 40.0 Å². The number of carbonyl (C=O) groups is 2. The number of carbonyl (C=O) groups excluding carboxylic acids is 2. The molecule has 0 unspecified atom stereocenters. The highest BCUT2D eigenvalue weighted by Crippen LogP contribution is 2.43. The SMILES string of the molecule is CC(C)(C)OC(=O)N1CCC2(CC1)CC(=O)N(c1ccc(-n3cnnn3)c(F)c1)C2. The van der Waals surface area contributed by atoms with Crippen LogP contribution in [0.4, 0.5) is 14.9 Å². The molecule has 2 aromatic rings. The third kappa shape index (κ3) is 3.99. The molecule has 2 aliphatic rings. The molecular formula is C20H25FN6O3. The number of hydrogen-bond donors (Lipinski definition) is 0. The van der Waals surface area contributed by atoms with Crippen molar-refractivity contribution in [2.24, 2.45) is 5.41 Å². The second-order valence-electron chi connectivity index (χ2n) is 9.01. The number of nitrogens with zero attached hydrogens (tertiary/aromatic N) is 6. The first kappa shape index (κ1) is 20.2. The highest BCUT2D eigenvalue weighted by atomic mass is 19.1. The van der Waals surface area contributed by atoms with E-state index in [0.717, 1.165) is 0 Å². The largest absolute Gasteiger partial charge is 0.444 e. The molecule has 9 nitrogen and oxygen atoms in total. The van der Waals surface area contributed by atoms with Gasteiger partial charge in [0.1, 0.15) is 17.6 Å². The van der Waals surface area contributed by atoms with Gasteiger partial charge in [0.25, 0.3) is 0 Å². The summed E-state index contributed by atoms with van der Waals surface area (Å²) in [4.78, 5) is 28.4. The van der Waals surface area contributed by atoms with Crippen LogP contribution in [-0.2, 0) is 9.53 Å². The van der Waals surface area contributed by atoms with Crippen molar-refractivity contribution in [1.29, 1.82) is 0 Å². The Morgan fingerprint density at radius 2 is 1.97 bits per heavy atom. The first-order valence-electron chi connectivity index (χ1n) is 9.97. The van der Waals surface area contributed by atoms with E-state index in [2.05, 4.69) is 15.5 Å². The summed E-state index contributed by atoms with van der Waals surface area (Å²) in [5.74, 6) is -0.538. The van der Waals surface area contributed by atoms with Gasteiger partial charge in [-0.15, -0.1) is 5.10 Å². The predicted octanol–water partition coefficient (Wildman–Crippen LogP) is 2.56. The van der Waals surface area contributed by atoms with Crippen LogP contribution in [0.3, 0.4) is 0 Å². The van der Waals surface area contributed by atoms with Crippen LogP contribution < -0.4 is 4.90 Å². The Kier molecular flexibility index (Phi) is 4.95. The van der Waals surface area contributed by atoms with Crippen LogP contribution >= 0.6 is 0 Å². The molecule has 1 aromatic heterocycles. The number of anilines is 1. The minimum atomic E-state index is -0.537. The number of amides is 2. The Bertz CT molecular complexity index is 948. The molecule has 3 heterocycles. The summed E-state index contributed by atoms with van der Waals surface area (Å²) in [6.45, 7) is 7.12. The molecule has 1 spiro atoms. The quantitative estimate of drug-likeness (QED) is 0.747. The molecule has 2 amide bonds. The number of ether oxygens (including phenoxy) is 1. The van der Waals surface area contributed by atoms with Crippen molar-refractivity contribution in [2.45, 2.75) is 45.6 Å². The molecule has 2 aliphatic heterocycles. The minimum absolute atomic E-state index is 0.0321. The monoisotopic (exact) mass is 416 g/mol. The van der Waals surface area contributed by atoms with Crippen molar-refractivity contribution in [1.82, 2.24) is 25.1 Å². The van der Waals surface area contributed by atoms with Crippen LogP contribution in [0, 0.1) is 11.2 Å². The van der Waals surface area contributed by atoms with Gasteiger partial charge < -0.3 is 14.5 Å². The molecule has 10 heteroatoms. The second kappa shape index (κ2) is 7.33. The maximum absolute atomic E-state index is 14.6. The van der Waals surface area contributed by atoms with Gasteiger partial charge in [0, 0.05) is 37.2 Å². The fraction of sp³-hybridized carbons (Fsp3) is 0.550. The van der Waals surface area contributed by atoms with E-state index in [1.807, 2.05) is 20.8 Å². The molecule has 2 saturated heterocycles. The number of aromatic nitrogens is 4. The van der Waals surface area contributed by atoms with Crippen LogP contribution in [0.5, 0.6) is 0 Å². The van der Waals surface area contributed by atoms with Gasteiger partial charge in [0.2, 0.25) is 5.91 Å². The van der Waals surface area contributed by atoms with Gasteiger partial charge in [-0.1, -0.05) is 0 Å². The Labute approximate surface area is 173 Å². The Morgan fingerprint density at radius 1 is 1.23 bits per heavy atom. The highest BCUT2D eigenvalue weighted by molar-refractivity contribution is 5.96.